The van der Waals surface area contributed by atoms with Crippen molar-refractivity contribution in [3.05, 3.63) is 29.3 Å². The summed E-state index contributed by atoms with van der Waals surface area (Å²) >= 11 is 0. The molecule has 17 heavy (non-hydrogen) atoms. The molecule has 1 aliphatic carbocycles. The molecule has 1 saturated carbocycles. The second kappa shape index (κ2) is 4.69. The molecule has 94 valence electrons. The number of benzene rings is 1. The molecule has 1 aliphatic rings. The zero-order valence-electron chi connectivity index (χ0n) is 11.1. The van der Waals surface area contributed by atoms with Crippen molar-refractivity contribution in [2.45, 2.75) is 39.0 Å². The van der Waals surface area contributed by atoms with Gasteiger partial charge in [0.1, 0.15) is 5.75 Å². The first-order chi connectivity index (χ1) is 8.10. The molecule has 2 N–H and O–H groups in total. The van der Waals surface area contributed by atoms with E-state index in [1.807, 2.05) is 0 Å². The van der Waals surface area contributed by atoms with Gasteiger partial charge in [0.05, 0.1) is 7.11 Å². The van der Waals surface area contributed by atoms with E-state index in [-0.39, 0.29) is 0 Å². The molecule has 0 heterocycles. The monoisotopic (exact) mass is 233 g/mol. The van der Waals surface area contributed by atoms with E-state index in [0.29, 0.717) is 11.3 Å². The van der Waals surface area contributed by atoms with Crippen molar-refractivity contribution in [1.82, 2.24) is 0 Å². The summed E-state index contributed by atoms with van der Waals surface area (Å²) in [5.41, 5.74) is 8.93. The molecule has 0 spiro atoms. The molecule has 0 radical (unpaired) electrons. The number of methoxy groups -OCH3 is 1. The molecule has 2 nitrogen and oxygen atoms in total. The van der Waals surface area contributed by atoms with Crippen LogP contribution in [-0.4, -0.2) is 13.7 Å². The minimum Gasteiger partial charge on any atom is -0.496 e. The Labute approximate surface area is 104 Å². The van der Waals surface area contributed by atoms with Crippen LogP contribution in [0.4, 0.5) is 0 Å². The smallest absolute Gasteiger partial charge is 0.122 e. The Bertz CT molecular complexity index is 394. The predicted octanol–water partition coefficient (Wildman–Crippen LogP) is 3.10. The van der Waals surface area contributed by atoms with Crippen LogP contribution in [0.25, 0.3) is 0 Å². The highest BCUT2D eigenvalue weighted by Crippen LogP contribution is 2.48. The quantitative estimate of drug-likeness (QED) is 0.848. The van der Waals surface area contributed by atoms with E-state index >= 15 is 0 Å². The fraction of sp³-hybridized carbons (Fsp3) is 0.600. The van der Waals surface area contributed by atoms with Gasteiger partial charge in [0.25, 0.3) is 0 Å². The second-order valence-corrected chi connectivity index (χ2v) is 5.61. The zero-order valence-corrected chi connectivity index (χ0v) is 11.1. The van der Waals surface area contributed by atoms with Crippen LogP contribution >= 0.6 is 0 Å². The SMILES string of the molecule is COc1ccc(C(C)C)cc1CC1(CN)CC1. The third-order valence-corrected chi connectivity index (χ3v) is 3.93. The Hall–Kier alpha value is -1.02. The van der Waals surface area contributed by atoms with Gasteiger partial charge in [0.15, 0.2) is 0 Å². The van der Waals surface area contributed by atoms with Gasteiger partial charge in [-0.2, -0.15) is 0 Å². The Morgan fingerprint density at radius 2 is 2.06 bits per heavy atom. The van der Waals surface area contributed by atoms with Gasteiger partial charge >= 0.3 is 0 Å². The standard InChI is InChI=1S/C15H23NO/c1-11(2)12-4-5-14(17-3)13(8-12)9-15(10-16)6-7-15/h4-5,8,11H,6-7,9-10,16H2,1-3H3. The van der Waals surface area contributed by atoms with Gasteiger partial charge in [0, 0.05) is 0 Å². The molecule has 0 unspecified atom stereocenters. The average Bonchev–Trinajstić information content (AvgIpc) is 3.09. The minimum atomic E-state index is 0.364. The minimum absolute atomic E-state index is 0.364. The number of nitrogens with two attached hydrogens (primary N) is 1. The van der Waals surface area contributed by atoms with Crippen LogP contribution in [0.15, 0.2) is 18.2 Å². The van der Waals surface area contributed by atoms with Crippen molar-refractivity contribution < 1.29 is 4.74 Å². The molecule has 1 aromatic carbocycles. The molecule has 0 aliphatic heterocycles. The molecule has 1 aromatic rings. The van der Waals surface area contributed by atoms with E-state index in [2.05, 4.69) is 32.0 Å². The van der Waals surface area contributed by atoms with E-state index in [9.17, 15) is 0 Å². The van der Waals surface area contributed by atoms with E-state index in [1.54, 1.807) is 7.11 Å². The largest absolute Gasteiger partial charge is 0.496 e. The summed E-state index contributed by atoms with van der Waals surface area (Å²) < 4.78 is 5.46. The Morgan fingerprint density at radius 1 is 1.35 bits per heavy atom. The van der Waals surface area contributed by atoms with Crippen molar-refractivity contribution in [1.29, 1.82) is 0 Å². The Kier molecular flexibility index (Phi) is 3.43. The van der Waals surface area contributed by atoms with Gasteiger partial charge in [0.2, 0.25) is 0 Å². The van der Waals surface area contributed by atoms with Crippen molar-refractivity contribution in [2.24, 2.45) is 11.1 Å². The van der Waals surface area contributed by atoms with Crippen molar-refractivity contribution >= 4 is 0 Å². The number of hydrogen-bond donors (Lipinski definition) is 1. The lowest BCUT2D eigenvalue weighted by Gasteiger charge is -2.17. The van der Waals surface area contributed by atoms with Gasteiger partial charge in [-0.15, -0.1) is 0 Å². The molecule has 2 rings (SSSR count). The summed E-state index contributed by atoms with van der Waals surface area (Å²) in [5.74, 6) is 1.57. The molecule has 0 aromatic heterocycles. The summed E-state index contributed by atoms with van der Waals surface area (Å²) in [4.78, 5) is 0. The topological polar surface area (TPSA) is 35.2 Å². The normalized spacial score (nSPS) is 17.2. The van der Waals surface area contributed by atoms with Gasteiger partial charge < -0.3 is 10.5 Å². The lowest BCUT2D eigenvalue weighted by Crippen LogP contribution is -2.18. The van der Waals surface area contributed by atoms with Crippen LogP contribution < -0.4 is 10.5 Å². The van der Waals surface area contributed by atoms with E-state index < -0.39 is 0 Å². The first-order valence-corrected chi connectivity index (χ1v) is 6.47. The number of ether oxygens (including phenoxy) is 1. The summed E-state index contributed by atoms with van der Waals surface area (Å²) in [5, 5.41) is 0. The lowest BCUT2D eigenvalue weighted by molar-refractivity contribution is 0.402. The molecular formula is C15H23NO. The maximum atomic E-state index is 5.87. The van der Waals surface area contributed by atoms with Crippen molar-refractivity contribution in [3.63, 3.8) is 0 Å². The molecule has 1 fully saturated rings. The highest BCUT2D eigenvalue weighted by atomic mass is 16.5. The van der Waals surface area contributed by atoms with Crippen LogP contribution in [0.5, 0.6) is 5.75 Å². The molecule has 0 bridgehead atoms. The third kappa shape index (κ3) is 2.63. The highest BCUT2D eigenvalue weighted by Gasteiger charge is 2.41. The fourth-order valence-corrected chi connectivity index (χ4v) is 2.33. The molecule has 0 atom stereocenters. The summed E-state index contributed by atoms with van der Waals surface area (Å²) in [6.45, 7) is 5.24. The van der Waals surface area contributed by atoms with Crippen LogP contribution in [0.3, 0.4) is 0 Å². The maximum Gasteiger partial charge on any atom is 0.122 e. The van der Waals surface area contributed by atoms with Crippen LogP contribution in [0, 0.1) is 5.41 Å². The van der Waals surface area contributed by atoms with E-state index in [1.165, 1.54) is 24.0 Å². The predicted molar refractivity (Wildman–Crippen MR) is 71.5 cm³/mol. The number of hydrogen-bond acceptors (Lipinski definition) is 2. The fourth-order valence-electron chi connectivity index (χ4n) is 2.33. The first kappa shape index (κ1) is 12.4. The van der Waals surface area contributed by atoms with E-state index in [0.717, 1.165) is 18.7 Å². The third-order valence-electron chi connectivity index (χ3n) is 3.93. The summed E-state index contributed by atoms with van der Waals surface area (Å²) in [6, 6.07) is 6.55. The zero-order chi connectivity index (χ0) is 12.5. The van der Waals surface area contributed by atoms with Gasteiger partial charge in [-0.05, 0) is 54.3 Å². The summed E-state index contributed by atoms with van der Waals surface area (Å²) in [6.07, 6.45) is 3.59. The molecule has 0 saturated heterocycles. The molecule has 2 heteroatoms. The van der Waals surface area contributed by atoms with E-state index in [4.69, 9.17) is 10.5 Å². The highest BCUT2D eigenvalue weighted by molar-refractivity contribution is 5.39. The number of rotatable bonds is 5. The van der Waals surface area contributed by atoms with Crippen molar-refractivity contribution in [3.8, 4) is 5.75 Å². The maximum absolute atomic E-state index is 5.87. The first-order valence-electron chi connectivity index (χ1n) is 6.47. The summed E-state index contributed by atoms with van der Waals surface area (Å²) in [7, 11) is 1.75. The van der Waals surface area contributed by atoms with Crippen molar-refractivity contribution in [2.75, 3.05) is 13.7 Å². The molecular weight excluding hydrogens is 210 g/mol. The average molecular weight is 233 g/mol. The van der Waals surface area contributed by atoms with Gasteiger partial charge in [-0.25, -0.2) is 0 Å². The Morgan fingerprint density at radius 3 is 2.53 bits per heavy atom. The van der Waals surface area contributed by atoms with Crippen LogP contribution in [0.2, 0.25) is 0 Å². The molecule has 0 amide bonds. The lowest BCUT2D eigenvalue weighted by atomic mass is 9.92. The van der Waals surface area contributed by atoms with Crippen LogP contribution in [0.1, 0.15) is 43.7 Å². The van der Waals surface area contributed by atoms with Crippen LogP contribution in [-0.2, 0) is 6.42 Å². The second-order valence-electron chi connectivity index (χ2n) is 5.61. The van der Waals surface area contributed by atoms with Gasteiger partial charge in [-0.3, -0.25) is 0 Å². The van der Waals surface area contributed by atoms with Gasteiger partial charge in [-0.1, -0.05) is 26.0 Å². The Balaban J connectivity index is 2.26.